The first-order valence-electron chi connectivity index (χ1n) is 8.66. The van der Waals surface area contributed by atoms with Gasteiger partial charge in [0.2, 0.25) is 5.91 Å². The Balaban J connectivity index is 1.53. The third-order valence-corrected chi connectivity index (χ3v) is 6.39. The normalized spacial score (nSPS) is 28.7. The summed E-state index contributed by atoms with van der Waals surface area (Å²) in [5.41, 5.74) is 0.896. The Kier molecular flexibility index (Phi) is 5.29. The number of ether oxygens (including phenoxy) is 1. The van der Waals surface area contributed by atoms with Gasteiger partial charge < -0.3 is 15.0 Å². The SMILES string of the molecule is CC1CN(c2ccc(CNC(=O)C3CCS(=O)(=O)C3)cn2)CC(C)O1. The molecule has 1 amide bonds. The van der Waals surface area contributed by atoms with E-state index in [4.69, 9.17) is 4.74 Å². The maximum atomic E-state index is 12.1. The number of hydrogen-bond donors (Lipinski definition) is 1. The number of aromatic nitrogens is 1. The molecule has 0 saturated carbocycles. The van der Waals surface area contributed by atoms with Gasteiger partial charge in [0, 0.05) is 25.8 Å². The van der Waals surface area contributed by atoms with Crippen LogP contribution in [0.2, 0.25) is 0 Å². The molecule has 138 valence electrons. The fraction of sp³-hybridized carbons (Fsp3) is 0.647. The number of carbonyl (C=O) groups is 1. The van der Waals surface area contributed by atoms with Gasteiger partial charge in [-0.15, -0.1) is 0 Å². The van der Waals surface area contributed by atoms with E-state index in [1.165, 1.54) is 0 Å². The van der Waals surface area contributed by atoms with Gasteiger partial charge in [-0.25, -0.2) is 13.4 Å². The van der Waals surface area contributed by atoms with Crippen LogP contribution in [0.3, 0.4) is 0 Å². The average molecular weight is 367 g/mol. The third-order valence-electron chi connectivity index (χ3n) is 4.62. The first-order valence-corrected chi connectivity index (χ1v) is 10.5. The zero-order chi connectivity index (χ0) is 18.0. The van der Waals surface area contributed by atoms with Gasteiger partial charge in [0.1, 0.15) is 5.82 Å². The van der Waals surface area contributed by atoms with Crippen LogP contribution in [0.25, 0.3) is 0 Å². The predicted molar refractivity (Wildman–Crippen MR) is 95.1 cm³/mol. The highest BCUT2D eigenvalue weighted by molar-refractivity contribution is 7.91. The van der Waals surface area contributed by atoms with E-state index in [-0.39, 0.29) is 29.6 Å². The summed E-state index contributed by atoms with van der Waals surface area (Å²) in [7, 11) is -3.04. The fourth-order valence-electron chi connectivity index (χ4n) is 3.41. The number of morpholine rings is 1. The largest absolute Gasteiger partial charge is 0.372 e. The van der Waals surface area contributed by atoms with Crippen molar-refractivity contribution in [3.05, 3.63) is 23.9 Å². The van der Waals surface area contributed by atoms with Crippen molar-refractivity contribution in [2.75, 3.05) is 29.5 Å². The van der Waals surface area contributed by atoms with Crippen LogP contribution in [0.15, 0.2) is 18.3 Å². The second-order valence-electron chi connectivity index (χ2n) is 7.00. The van der Waals surface area contributed by atoms with E-state index in [1.54, 1.807) is 6.20 Å². The number of rotatable bonds is 4. The van der Waals surface area contributed by atoms with Gasteiger partial charge in [-0.2, -0.15) is 0 Å². The number of amides is 1. The molecule has 0 radical (unpaired) electrons. The average Bonchev–Trinajstić information content (AvgIpc) is 2.92. The predicted octanol–water partition coefficient (Wildman–Crippen LogP) is 0.746. The van der Waals surface area contributed by atoms with Gasteiger partial charge in [-0.05, 0) is 31.9 Å². The lowest BCUT2D eigenvalue weighted by molar-refractivity contribution is -0.124. The summed E-state index contributed by atoms with van der Waals surface area (Å²) in [4.78, 5) is 18.8. The van der Waals surface area contributed by atoms with Gasteiger partial charge in [0.25, 0.3) is 0 Å². The molecule has 0 bridgehead atoms. The highest BCUT2D eigenvalue weighted by Crippen LogP contribution is 2.20. The van der Waals surface area contributed by atoms with Crippen molar-refractivity contribution in [1.82, 2.24) is 10.3 Å². The molecule has 1 N–H and O–H groups in total. The Hall–Kier alpha value is -1.67. The molecule has 2 aliphatic rings. The number of carbonyl (C=O) groups excluding carboxylic acids is 1. The molecule has 3 rings (SSSR count). The van der Waals surface area contributed by atoms with E-state index in [0.29, 0.717) is 13.0 Å². The van der Waals surface area contributed by atoms with Gasteiger partial charge in [-0.1, -0.05) is 6.07 Å². The monoisotopic (exact) mass is 367 g/mol. The summed E-state index contributed by atoms with van der Waals surface area (Å²) in [5, 5.41) is 2.81. The summed E-state index contributed by atoms with van der Waals surface area (Å²) >= 11 is 0. The first-order chi connectivity index (χ1) is 11.8. The second-order valence-corrected chi connectivity index (χ2v) is 9.23. The number of anilines is 1. The van der Waals surface area contributed by atoms with E-state index in [1.807, 2.05) is 12.1 Å². The summed E-state index contributed by atoms with van der Waals surface area (Å²) < 4.78 is 28.6. The molecule has 0 aliphatic carbocycles. The Labute approximate surface area is 148 Å². The Morgan fingerprint density at radius 1 is 1.32 bits per heavy atom. The minimum Gasteiger partial charge on any atom is -0.372 e. The van der Waals surface area contributed by atoms with Gasteiger partial charge in [-0.3, -0.25) is 4.79 Å². The van der Waals surface area contributed by atoms with Crippen LogP contribution < -0.4 is 10.2 Å². The number of nitrogens with zero attached hydrogens (tertiary/aromatic N) is 2. The number of hydrogen-bond acceptors (Lipinski definition) is 6. The lowest BCUT2D eigenvalue weighted by Gasteiger charge is -2.36. The van der Waals surface area contributed by atoms with Crippen LogP contribution >= 0.6 is 0 Å². The van der Waals surface area contributed by atoms with E-state index in [2.05, 4.69) is 29.0 Å². The Morgan fingerprint density at radius 2 is 2.04 bits per heavy atom. The number of sulfone groups is 1. The third kappa shape index (κ3) is 4.70. The fourth-order valence-corrected chi connectivity index (χ4v) is 5.15. The molecular weight excluding hydrogens is 342 g/mol. The molecule has 1 aromatic rings. The van der Waals surface area contributed by atoms with Crippen LogP contribution in [0, 0.1) is 5.92 Å². The van der Waals surface area contributed by atoms with Crippen LogP contribution in [0.5, 0.6) is 0 Å². The van der Waals surface area contributed by atoms with Crippen molar-refractivity contribution in [1.29, 1.82) is 0 Å². The molecule has 25 heavy (non-hydrogen) atoms. The van der Waals surface area contributed by atoms with Crippen LogP contribution in [0.1, 0.15) is 25.8 Å². The van der Waals surface area contributed by atoms with Gasteiger partial charge in [0.15, 0.2) is 9.84 Å². The van der Waals surface area contributed by atoms with Gasteiger partial charge in [0.05, 0.1) is 29.6 Å². The molecule has 8 heteroatoms. The molecule has 0 aromatic carbocycles. The topological polar surface area (TPSA) is 88.6 Å². The van der Waals surface area contributed by atoms with Crippen molar-refractivity contribution >= 4 is 21.6 Å². The van der Waals surface area contributed by atoms with E-state index < -0.39 is 15.8 Å². The zero-order valence-corrected chi connectivity index (χ0v) is 15.5. The number of pyridine rings is 1. The summed E-state index contributed by atoms with van der Waals surface area (Å²) in [6, 6.07) is 3.89. The molecular formula is C17H25N3O4S. The van der Waals surface area contributed by atoms with Crippen molar-refractivity contribution in [2.45, 2.75) is 39.0 Å². The van der Waals surface area contributed by atoms with E-state index >= 15 is 0 Å². The highest BCUT2D eigenvalue weighted by Gasteiger charge is 2.32. The summed E-state index contributed by atoms with van der Waals surface area (Å²) in [6.45, 7) is 6.08. The van der Waals surface area contributed by atoms with Crippen molar-refractivity contribution in [3.63, 3.8) is 0 Å². The molecule has 3 unspecified atom stereocenters. The minimum atomic E-state index is -3.04. The molecule has 0 spiro atoms. The van der Waals surface area contributed by atoms with Crippen LogP contribution in [-0.2, 0) is 25.9 Å². The van der Waals surface area contributed by atoms with Gasteiger partial charge >= 0.3 is 0 Å². The lowest BCUT2D eigenvalue weighted by atomic mass is 10.1. The summed E-state index contributed by atoms with van der Waals surface area (Å²) in [6.07, 6.45) is 2.52. The Bertz CT molecular complexity index is 710. The summed E-state index contributed by atoms with van der Waals surface area (Å²) in [5.74, 6) is 0.356. The first kappa shape index (κ1) is 18.1. The molecule has 7 nitrogen and oxygen atoms in total. The Morgan fingerprint density at radius 3 is 2.60 bits per heavy atom. The van der Waals surface area contributed by atoms with Crippen molar-refractivity contribution in [2.24, 2.45) is 5.92 Å². The second kappa shape index (κ2) is 7.29. The molecule has 1 aromatic heterocycles. The van der Waals surface area contributed by atoms with E-state index in [9.17, 15) is 13.2 Å². The highest BCUT2D eigenvalue weighted by atomic mass is 32.2. The molecule has 2 saturated heterocycles. The number of nitrogens with one attached hydrogen (secondary N) is 1. The van der Waals surface area contributed by atoms with Crippen molar-refractivity contribution in [3.8, 4) is 0 Å². The van der Waals surface area contributed by atoms with E-state index in [0.717, 1.165) is 24.5 Å². The molecule has 2 aliphatic heterocycles. The van der Waals surface area contributed by atoms with Crippen LogP contribution in [-0.4, -0.2) is 56.1 Å². The maximum absolute atomic E-state index is 12.1. The van der Waals surface area contributed by atoms with Crippen LogP contribution in [0.4, 0.5) is 5.82 Å². The molecule has 2 fully saturated rings. The van der Waals surface area contributed by atoms with Crippen molar-refractivity contribution < 1.29 is 17.9 Å². The molecule has 3 heterocycles. The lowest BCUT2D eigenvalue weighted by Crippen LogP contribution is -2.45. The minimum absolute atomic E-state index is 0.0383. The molecule has 3 atom stereocenters. The standard InChI is InChI=1S/C17H25N3O4S/c1-12-9-20(10-13(2)24-12)16-4-3-14(7-18-16)8-19-17(21)15-5-6-25(22,23)11-15/h3-4,7,12-13,15H,5-6,8-11H2,1-2H3,(H,19,21). The quantitative estimate of drug-likeness (QED) is 0.845. The smallest absolute Gasteiger partial charge is 0.224 e. The zero-order valence-electron chi connectivity index (χ0n) is 14.6. The maximum Gasteiger partial charge on any atom is 0.224 e.